The average molecular weight is 467 g/mol. The van der Waals surface area contributed by atoms with Gasteiger partial charge in [-0.15, -0.1) is 0 Å². The van der Waals surface area contributed by atoms with Crippen LogP contribution in [0.5, 0.6) is 5.75 Å². The maximum Gasteiger partial charge on any atom is 0.258 e. The summed E-state index contributed by atoms with van der Waals surface area (Å²) in [5.74, 6) is 0.735. The topological polar surface area (TPSA) is 62.1 Å². The summed E-state index contributed by atoms with van der Waals surface area (Å²) in [6, 6.07) is 13.3. The highest BCUT2D eigenvalue weighted by Gasteiger charge is 2.30. The first-order valence-electron chi connectivity index (χ1n) is 11.5. The monoisotopic (exact) mass is 466 g/mol. The average Bonchev–Trinajstić information content (AvgIpc) is 3.26. The van der Waals surface area contributed by atoms with Gasteiger partial charge in [0.15, 0.2) is 0 Å². The number of benzene rings is 2. The summed E-state index contributed by atoms with van der Waals surface area (Å²) in [6.45, 7) is 7.65. The second-order valence-corrected chi connectivity index (χ2v) is 8.84. The molecular weight excluding hydrogens is 435 g/mol. The molecule has 1 aliphatic rings. The van der Waals surface area contributed by atoms with E-state index in [9.17, 15) is 9.18 Å². The molecule has 0 aliphatic carbocycles. The van der Waals surface area contributed by atoms with Crippen LogP contribution < -0.4 is 9.64 Å². The molecule has 7 nitrogen and oxygen atoms in total. The van der Waals surface area contributed by atoms with Gasteiger partial charge < -0.3 is 24.0 Å². The van der Waals surface area contributed by atoms with E-state index in [4.69, 9.17) is 9.26 Å². The third kappa shape index (κ3) is 4.92. The predicted octanol–water partition coefficient (Wildman–Crippen LogP) is 4.29. The van der Waals surface area contributed by atoms with Crippen molar-refractivity contribution < 1.29 is 18.4 Å². The Balaban J connectivity index is 1.74. The minimum absolute atomic E-state index is 0.0891. The lowest BCUT2D eigenvalue weighted by atomic mass is 10.0. The van der Waals surface area contributed by atoms with E-state index in [0.29, 0.717) is 29.4 Å². The van der Waals surface area contributed by atoms with Crippen LogP contribution in [0.25, 0.3) is 11.3 Å². The van der Waals surface area contributed by atoms with Gasteiger partial charge in [0.05, 0.1) is 24.8 Å². The number of ether oxygens (including phenoxy) is 1. The maximum atomic E-state index is 13.6. The molecule has 0 saturated carbocycles. The Morgan fingerprint density at radius 1 is 1.12 bits per heavy atom. The number of nitrogens with zero attached hydrogens (tertiary/aromatic N) is 4. The fraction of sp³-hybridized carbons (Fsp3) is 0.385. The normalized spacial score (nSPS) is 14.5. The molecule has 180 valence electrons. The molecule has 0 N–H and O–H groups in total. The Kier molecular flexibility index (Phi) is 7.17. The largest absolute Gasteiger partial charge is 0.496 e. The molecule has 3 aromatic rings. The van der Waals surface area contributed by atoms with Crippen molar-refractivity contribution in [3.63, 3.8) is 0 Å². The summed E-state index contributed by atoms with van der Waals surface area (Å²) in [5, 5.41) is 4.37. The Bertz CT molecular complexity index is 1120. The van der Waals surface area contributed by atoms with E-state index in [1.54, 1.807) is 36.3 Å². The summed E-state index contributed by atoms with van der Waals surface area (Å²) >= 11 is 0. The Labute approximate surface area is 199 Å². The SMILES string of the molecule is COc1ccccc1C(=O)N(Cc1c(-c2ccc(F)cc2)noc1N1CCN(C)CC1)C(C)C. The minimum Gasteiger partial charge on any atom is -0.496 e. The number of para-hydroxylation sites is 1. The molecule has 1 fully saturated rings. The number of hydrogen-bond donors (Lipinski definition) is 0. The zero-order valence-electron chi connectivity index (χ0n) is 20.1. The first-order chi connectivity index (χ1) is 16.4. The molecule has 0 unspecified atom stereocenters. The first-order valence-corrected chi connectivity index (χ1v) is 11.5. The van der Waals surface area contributed by atoms with Crippen molar-refractivity contribution in [2.24, 2.45) is 0 Å². The Morgan fingerprint density at radius 2 is 1.79 bits per heavy atom. The van der Waals surface area contributed by atoms with Gasteiger partial charge >= 0.3 is 0 Å². The number of piperazine rings is 1. The number of hydrogen-bond acceptors (Lipinski definition) is 6. The first kappa shape index (κ1) is 23.8. The molecule has 34 heavy (non-hydrogen) atoms. The summed E-state index contributed by atoms with van der Waals surface area (Å²) in [6.07, 6.45) is 0. The number of likely N-dealkylation sites (N-methyl/N-ethyl adjacent to an activating group) is 1. The predicted molar refractivity (Wildman–Crippen MR) is 130 cm³/mol. The molecule has 0 bridgehead atoms. The number of anilines is 1. The number of rotatable bonds is 7. The highest BCUT2D eigenvalue weighted by atomic mass is 19.1. The van der Waals surface area contributed by atoms with Crippen LogP contribution in [0.15, 0.2) is 53.1 Å². The molecule has 0 spiro atoms. The Hall–Kier alpha value is -3.39. The van der Waals surface area contributed by atoms with Gasteiger partial charge in [-0.1, -0.05) is 17.3 Å². The second kappa shape index (κ2) is 10.3. The van der Waals surface area contributed by atoms with E-state index in [1.165, 1.54) is 12.1 Å². The van der Waals surface area contributed by atoms with E-state index >= 15 is 0 Å². The molecule has 2 aromatic carbocycles. The number of aromatic nitrogens is 1. The lowest BCUT2D eigenvalue weighted by molar-refractivity contribution is 0.0687. The zero-order chi connectivity index (χ0) is 24.2. The molecule has 4 rings (SSSR count). The molecule has 1 amide bonds. The minimum atomic E-state index is -0.316. The van der Waals surface area contributed by atoms with E-state index in [-0.39, 0.29) is 17.8 Å². The second-order valence-electron chi connectivity index (χ2n) is 8.84. The third-order valence-corrected chi connectivity index (χ3v) is 6.23. The Morgan fingerprint density at radius 3 is 2.44 bits per heavy atom. The molecule has 8 heteroatoms. The van der Waals surface area contributed by atoms with Crippen molar-refractivity contribution in [2.75, 3.05) is 45.2 Å². The van der Waals surface area contributed by atoms with Crippen LogP contribution in [0.2, 0.25) is 0 Å². The van der Waals surface area contributed by atoms with Gasteiger partial charge in [-0.05, 0) is 57.3 Å². The molecule has 2 heterocycles. The van der Waals surface area contributed by atoms with Gasteiger partial charge in [0.1, 0.15) is 17.3 Å². The van der Waals surface area contributed by atoms with Crippen LogP contribution in [0.4, 0.5) is 10.3 Å². The van der Waals surface area contributed by atoms with Crippen molar-refractivity contribution in [3.05, 3.63) is 65.5 Å². The molecule has 1 saturated heterocycles. The summed E-state index contributed by atoms with van der Waals surface area (Å²) < 4.78 is 24.9. The summed E-state index contributed by atoms with van der Waals surface area (Å²) in [5.41, 5.74) is 2.68. The number of carbonyl (C=O) groups excluding carboxylic acids is 1. The van der Waals surface area contributed by atoms with Gasteiger partial charge in [0, 0.05) is 37.8 Å². The number of halogens is 1. The van der Waals surface area contributed by atoms with Crippen LogP contribution in [-0.2, 0) is 6.54 Å². The molecule has 0 atom stereocenters. The maximum absolute atomic E-state index is 13.6. The van der Waals surface area contributed by atoms with Crippen molar-refractivity contribution in [2.45, 2.75) is 26.4 Å². The van der Waals surface area contributed by atoms with E-state index in [2.05, 4.69) is 22.0 Å². The van der Waals surface area contributed by atoms with E-state index < -0.39 is 0 Å². The van der Waals surface area contributed by atoms with Crippen molar-refractivity contribution >= 4 is 11.8 Å². The van der Waals surface area contributed by atoms with Crippen LogP contribution in [0.3, 0.4) is 0 Å². The van der Waals surface area contributed by atoms with Crippen molar-refractivity contribution in [1.82, 2.24) is 15.0 Å². The highest BCUT2D eigenvalue weighted by molar-refractivity contribution is 5.97. The summed E-state index contributed by atoms with van der Waals surface area (Å²) in [7, 11) is 3.65. The quantitative estimate of drug-likeness (QED) is 0.518. The fourth-order valence-electron chi connectivity index (χ4n) is 4.17. The van der Waals surface area contributed by atoms with Gasteiger partial charge in [0.2, 0.25) is 5.88 Å². The molecule has 1 aliphatic heterocycles. The van der Waals surface area contributed by atoms with Gasteiger partial charge in [0.25, 0.3) is 5.91 Å². The lowest BCUT2D eigenvalue weighted by Crippen LogP contribution is -2.45. The molecule has 0 radical (unpaired) electrons. The standard InChI is InChI=1S/C26H31FN4O3/c1-18(2)31(25(32)21-7-5-6-8-23(21)33-4)17-22-24(19-9-11-20(27)12-10-19)28-34-26(22)30-15-13-29(3)14-16-30/h5-12,18H,13-17H2,1-4H3. The van der Waals surface area contributed by atoms with Crippen LogP contribution in [0.1, 0.15) is 29.8 Å². The highest BCUT2D eigenvalue weighted by Crippen LogP contribution is 2.34. The number of carbonyl (C=O) groups is 1. The zero-order valence-corrected chi connectivity index (χ0v) is 20.1. The van der Waals surface area contributed by atoms with E-state index in [1.807, 2.05) is 26.0 Å². The van der Waals surface area contributed by atoms with Crippen molar-refractivity contribution in [3.8, 4) is 17.0 Å². The lowest BCUT2D eigenvalue weighted by Gasteiger charge is -2.33. The third-order valence-electron chi connectivity index (χ3n) is 6.23. The van der Waals surface area contributed by atoms with Gasteiger partial charge in [-0.3, -0.25) is 4.79 Å². The van der Waals surface area contributed by atoms with Crippen LogP contribution in [-0.4, -0.2) is 67.2 Å². The molecule has 1 aromatic heterocycles. The van der Waals surface area contributed by atoms with Crippen LogP contribution in [0, 0.1) is 5.82 Å². The van der Waals surface area contributed by atoms with Crippen molar-refractivity contribution in [1.29, 1.82) is 0 Å². The number of amides is 1. The summed E-state index contributed by atoms with van der Waals surface area (Å²) in [4.78, 5) is 19.9. The van der Waals surface area contributed by atoms with Crippen LogP contribution >= 0.6 is 0 Å². The van der Waals surface area contributed by atoms with Gasteiger partial charge in [-0.2, -0.15) is 0 Å². The van der Waals surface area contributed by atoms with Gasteiger partial charge in [-0.25, -0.2) is 4.39 Å². The molecular formula is C26H31FN4O3. The number of methoxy groups -OCH3 is 1. The fourth-order valence-corrected chi connectivity index (χ4v) is 4.17. The van der Waals surface area contributed by atoms with E-state index in [0.717, 1.165) is 37.3 Å². The smallest absolute Gasteiger partial charge is 0.258 e.